The molecule has 2 aromatic heterocycles. The van der Waals surface area contributed by atoms with Crippen molar-refractivity contribution in [2.24, 2.45) is 11.3 Å². The van der Waals surface area contributed by atoms with E-state index in [1.807, 2.05) is 25.4 Å². The molecular formula is C26H35N3O2S. The summed E-state index contributed by atoms with van der Waals surface area (Å²) in [6.45, 7) is 17.3. The maximum absolute atomic E-state index is 12.9. The minimum absolute atomic E-state index is 0.0464. The van der Waals surface area contributed by atoms with E-state index in [1.165, 1.54) is 18.5 Å². The maximum Gasteiger partial charge on any atom is 0.193 e. The van der Waals surface area contributed by atoms with Crippen LogP contribution in [-0.2, 0) is 0 Å². The number of allylic oxidation sites excluding steroid dienone is 2. The smallest absolute Gasteiger partial charge is 0.193 e. The summed E-state index contributed by atoms with van der Waals surface area (Å²) >= 11 is 1.42. The third-order valence-electron chi connectivity index (χ3n) is 6.21. The van der Waals surface area contributed by atoms with Crippen molar-refractivity contribution >= 4 is 28.6 Å². The van der Waals surface area contributed by atoms with Crippen LogP contribution in [0.4, 0.5) is 0 Å². The second kappa shape index (κ2) is 9.18. The molecule has 0 bridgehead atoms. The number of carbonyl (C=O) groups excluding carboxylic acids is 1. The predicted octanol–water partition coefficient (Wildman–Crippen LogP) is 5.90. The molecule has 3 heterocycles. The largest absolute Gasteiger partial charge is 0.370 e. The van der Waals surface area contributed by atoms with Crippen molar-refractivity contribution in [2.75, 3.05) is 13.6 Å². The number of pyridine rings is 1. The quantitative estimate of drug-likeness (QED) is 0.541. The van der Waals surface area contributed by atoms with E-state index in [0.29, 0.717) is 5.92 Å². The highest BCUT2D eigenvalue weighted by atomic mass is 32.1. The average Bonchev–Trinajstić information content (AvgIpc) is 3.45. The highest BCUT2D eigenvalue weighted by molar-refractivity contribution is 7.03. The molecule has 2 aliphatic rings. The highest BCUT2D eigenvalue weighted by Crippen LogP contribution is 2.48. The number of Topliss-reactive ketones (excluding diaryl/α,β-unsaturated/α-hetero) is 1. The number of hydrogen-bond acceptors (Lipinski definition) is 5. The SMILES string of the molecule is C=C(/C(=C1/c2cc(=O)c(C(C)=O)cn2C(C(C)(C)C)CN1C)c1cnsc1)C1CC1.CC. The summed E-state index contributed by atoms with van der Waals surface area (Å²) in [7, 11) is 2.08. The molecule has 32 heavy (non-hydrogen) atoms. The lowest BCUT2D eigenvalue weighted by Crippen LogP contribution is -2.42. The van der Waals surface area contributed by atoms with Crippen LogP contribution < -0.4 is 5.43 Å². The van der Waals surface area contributed by atoms with E-state index in [0.717, 1.165) is 47.5 Å². The number of aromatic nitrogens is 2. The number of hydrogen-bond donors (Lipinski definition) is 0. The summed E-state index contributed by atoms with van der Waals surface area (Å²) in [5, 5.41) is 2.05. The molecule has 0 N–H and O–H groups in total. The lowest BCUT2D eigenvalue weighted by molar-refractivity contribution is 0.101. The van der Waals surface area contributed by atoms with Gasteiger partial charge in [-0.3, -0.25) is 9.59 Å². The second-order valence-electron chi connectivity index (χ2n) is 9.60. The van der Waals surface area contributed by atoms with E-state index in [4.69, 9.17) is 0 Å². The Morgan fingerprint density at radius 2 is 1.91 bits per heavy atom. The number of rotatable bonds is 4. The van der Waals surface area contributed by atoms with E-state index < -0.39 is 0 Å². The molecule has 0 radical (unpaired) electrons. The van der Waals surface area contributed by atoms with E-state index in [9.17, 15) is 9.59 Å². The van der Waals surface area contributed by atoms with Gasteiger partial charge in [0.15, 0.2) is 11.2 Å². The van der Waals surface area contributed by atoms with E-state index >= 15 is 0 Å². The third-order valence-corrected chi connectivity index (χ3v) is 6.80. The van der Waals surface area contributed by atoms with Gasteiger partial charge in [-0.25, -0.2) is 4.37 Å². The molecule has 5 nitrogen and oxygen atoms in total. The van der Waals surface area contributed by atoms with Crippen LogP contribution in [0.5, 0.6) is 0 Å². The first-order valence-electron chi connectivity index (χ1n) is 11.4. The zero-order valence-corrected chi connectivity index (χ0v) is 21.2. The van der Waals surface area contributed by atoms with Gasteiger partial charge in [0.25, 0.3) is 0 Å². The Balaban J connectivity index is 0.00000141. The average molecular weight is 454 g/mol. The fourth-order valence-electron chi connectivity index (χ4n) is 4.34. The van der Waals surface area contributed by atoms with Gasteiger partial charge in [0, 0.05) is 48.6 Å². The molecule has 0 saturated heterocycles. The van der Waals surface area contributed by atoms with Gasteiger partial charge in [0.1, 0.15) is 0 Å². The van der Waals surface area contributed by atoms with Crippen LogP contribution in [0.1, 0.15) is 82.0 Å². The Hall–Kier alpha value is -2.47. The van der Waals surface area contributed by atoms with Crippen LogP contribution in [0.3, 0.4) is 0 Å². The van der Waals surface area contributed by atoms with Crippen molar-refractivity contribution in [3.8, 4) is 0 Å². The lowest BCUT2D eigenvalue weighted by Gasteiger charge is -2.44. The maximum atomic E-state index is 12.9. The fourth-order valence-corrected chi connectivity index (χ4v) is 4.87. The summed E-state index contributed by atoms with van der Waals surface area (Å²) in [6.07, 6.45) is 5.96. The number of fused-ring (bicyclic) bond motifs is 1. The number of carbonyl (C=O) groups is 1. The Morgan fingerprint density at radius 1 is 1.25 bits per heavy atom. The summed E-state index contributed by atoms with van der Waals surface area (Å²) in [4.78, 5) is 27.2. The van der Waals surface area contributed by atoms with E-state index in [2.05, 4.69) is 48.2 Å². The first kappa shape index (κ1) is 24.2. The van der Waals surface area contributed by atoms with Gasteiger partial charge < -0.3 is 9.47 Å². The third kappa shape index (κ3) is 4.51. The molecule has 1 atom stereocenters. The molecule has 6 heteroatoms. The van der Waals surface area contributed by atoms with E-state index in [-0.39, 0.29) is 28.2 Å². The van der Waals surface area contributed by atoms with Crippen LogP contribution in [0.2, 0.25) is 0 Å². The summed E-state index contributed by atoms with van der Waals surface area (Å²) in [5.41, 5.74) is 5.05. The number of nitrogens with zero attached hydrogens (tertiary/aromatic N) is 3. The molecule has 172 valence electrons. The molecule has 2 aromatic rings. The molecule has 0 aromatic carbocycles. The Bertz CT molecular complexity index is 1100. The normalized spacial score (nSPS) is 19.6. The van der Waals surface area contributed by atoms with Crippen molar-refractivity contribution in [1.82, 2.24) is 13.8 Å². The molecule has 0 amide bonds. The van der Waals surface area contributed by atoms with E-state index in [1.54, 1.807) is 12.3 Å². The van der Waals surface area contributed by atoms with Crippen LogP contribution in [0.15, 0.2) is 40.8 Å². The molecule has 4 rings (SSSR count). The van der Waals surface area contributed by atoms with Crippen LogP contribution >= 0.6 is 11.5 Å². The van der Waals surface area contributed by atoms with Gasteiger partial charge in [0.05, 0.1) is 23.0 Å². The fraction of sp³-hybridized carbons (Fsp3) is 0.500. The summed E-state index contributed by atoms with van der Waals surface area (Å²) < 4.78 is 6.47. The Labute approximate surface area is 195 Å². The molecule has 1 aliphatic heterocycles. The number of likely N-dealkylation sites (N-methyl/N-ethyl adjacent to an activating group) is 1. The summed E-state index contributed by atoms with van der Waals surface area (Å²) in [6, 6.07) is 1.76. The predicted molar refractivity (Wildman–Crippen MR) is 134 cm³/mol. The van der Waals surface area contributed by atoms with Crippen LogP contribution in [-0.4, -0.2) is 33.2 Å². The molecule has 1 aliphatic carbocycles. The van der Waals surface area contributed by atoms with Gasteiger partial charge in [0.2, 0.25) is 0 Å². The Kier molecular flexibility index (Phi) is 6.94. The van der Waals surface area contributed by atoms with Crippen LogP contribution in [0, 0.1) is 11.3 Å². The first-order chi connectivity index (χ1) is 15.1. The van der Waals surface area contributed by atoms with Gasteiger partial charge in [-0.2, -0.15) is 0 Å². The van der Waals surface area contributed by atoms with Crippen molar-refractivity contribution in [3.05, 3.63) is 63.0 Å². The van der Waals surface area contributed by atoms with Crippen molar-refractivity contribution in [3.63, 3.8) is 0 Å². The minimum Gasteiger partial charge on any atom is -0.370 e. The molecule has 1 unspecified atom stereocenters. The molecule has 0 spiro atoms. The first-order valence-corrected chi connectivity index (χ1v) is 12.2. The van der Waals surface area contributed by atoms with Gasteiger partial charge in [-0.15, -0.1) is 0 Å². The zero-order chi connectivity index (χ0) is 23.8. The molecule has 1 saturated carbocycles. The van der Waals surface area contributed by atoms with Gasteiger partial charge in [-0.05, 0) is 48.2 Å². The second-order valence-corrected chi connectivity index (χ2v) is 10.3. The molecular weight excluding hydrogens is 418 g/mol. The molecule has 1 fully saturated rings. The van der Waals surface area contributed by atoms with Crippen molar-refractivity contribution in [2.45, 2.75) is 60.4 Å². The minimum atomic E-state index is -0.228. The Morgan fingerprint density at radius 3 is 2.41 bits per heavy atom. The summed E-state index contributed by atoms with van der Waals surface area (Å²) in [5.74, 6) is 0.287. The zero-order valence-electron chi connectivity index (χ0n) is 20.4. The van der Waals surface area contributed by atoms with Crippen molar-refractivity contribution < 1.29 is 4.79 Å². The van der Waals surface area contributed by atoms with Gasteiger partial charge >= 0.3 is 0 Å². The highest BCUT2D eigenvalue weighted by Gasteiger charge is 2.38. The standard InChI is InChI=1S/C24H29N3O2S.C2H6/c1-14(16-7-8-16)22(17-10-25-30-13-17)23-19-9-20(29)18(15(2)28)11-27(19)21(12-26(23)6)24(3,4)5;1-2/h9-11,13,16,21H,1,7-8,12H2,2-6H3;1-2H3/b23-22+;. The van der Waals surface area contributed by atoms with Crippen molar-refractivity contribution in [1.29, 1.82) is 0 Å². The number of ketones is 1. The van der Waals surface area contributed by atoms with Gasteiger partial charge in [-0.1, -0.05) is 41.2 Å². The monoisotopic (exact) mass is 453 g/mol. The van der Waals surface area contributed by atoms with Crippen LogP contribution in [0.25, 0.3) is 11.3 Å². The topological polar surface area (TPSA) is 55.2 Å². The lowest BCUT2D eigenvalue weighted by atomic mass is 9.83.